The molecule has 192 valence electrons. The van der Waals surface area contributed by atoms with E-state index in [-0.39, 0.29) is 18.0 Å². The molecule has 0 aliphatic heterocycles. The van der Waals surface area contributed by atoms with Crippen LogP contribution in [0.2, 0.25) is 5.02 Å². The molecule has 2 aromatic carbocycles. The fourth-order valence-corrected chi connectivity index (χ4v) is 4.59. The van der Waals surface area contributed by atoms with Crippen LogP contribution in [-0.4, -0.2) is 50.5 Å². The monoisotopic (exact) mass is 533 g/mol. The van der Waals surface area contributed by atoms with Crippen LogP contribution in [0.25, 0.3) is 0 Å². The van der Waals surface area contributed by atoms with E-state index < -0.39 is 51.9 Å². The summed E-state index contributed by atoms with van der Waals surface area (Å²) in [6.07, 6.45) is -3.76. The maximum atomic E-state index is 13.5. The highest BCUT2D eigenvalue weighted by molar-refractivity contribution is 7.92. The SMILES string of the molecule is CCNC(=O)C(CC)N(Cc1ccccc1)C(=O)CN(c1cc(C(F)(F)F)ccc1Cl)S(C)(=O)=O. The smallest absolute Gasteiger partial charge is 0.355 e. The van der Waals surface area contributed by atoms with Gasteiger partial charge in [-0.1, -0.05) is 48.9 Å². The summed E-state index contributed by atoms with van der Waals surface area (Å²) in [7, 11) is -4.23. The fourth-order valence-electron chi connectivity index (χ4n) is 3.47. The summed E-state index contributed by atoms with van der Waals surface area (Å²) >= 11 is 6.06. The Morgan fingerprint density at radius 1 is 1.09 bits per heavy atom. The van der Waals surface area contributed by atoms with Gasteiger partial charge in [0.05, 0.1) is 22.5 Å². The number of amides is 2. The molecule has 0 aromatic heterocycles. The third kappa shape index (κ3) is 7.60. The van der Waals surface area contributed by atoms with Crippen LogP contribution in [0.3, 0.4) is 0 Å². The number of likely N-dealkylation sites (N-methyl/N-ethyl adjacent to an activating group) is 1. The molecule has 0 fully saturated rings. The van der Waals surface area contributed by atoms with E-state index in [1.165, 1.54) is 4.90 Å². The van der Waals surface area contributed by atoms with Crippen LogP contribution in [0, 0.1) is 0 Å². The molecule has 7 nitrogen and oxygen atoms in total. The highest BCUT2D eigenvalue weighted by Crippen LogP contribution is 2.36. The van der Waals surface area contributed by atoms with E-state index in [1.807, 2.05) is 0 Å². The summed E-state index contributed by atoms with van der Waals surface area (Å²) in [5.41, 5.74) is -0.914. The number of anilines is 1. The second-order valence-corrected chi connectivity index (χ2v) is 10.1. The number of sulfonamides is 1. The van der Waals surface area contributed by atoms with Crippen molar-refractivity contribution in [3.63, 3.8) is 0 Å². The van der Waals surface area contributed by atoms with Gasteiger partial charge in [-0.05, 0) is 37.1 Å². The average Bonchev–Trinajstić information content (AvgIpc) is 2.77. The van der Waals surface area contributed by atoms with Gasteiger partial charge in [0.15, 0.2) is 0 Å². The Labute approximate surface area is 207 Å². The molecule has 0 radical (unpaired) electrons. The van der Waals surface area contributed by atoms with Gasteiger partial charge in [0.25, 0.3) is 0 Å². The van der Waals surface area contributed by atoms with Gasteiger partial charge >= 0.3 is 6.18 Å². The Bertz CT molecular complexity index is 1140. The van der Waals surface area contributed by atoms with Crippen molar-refractivity contribution in [3.05, 3.63) is 64.7 Å². The number of rotatable bonds is 10. The van der Waals surface area contributed by atoms with Crippen LogP contribution < -0.4 is 9.62 Å². The highest BCUT2D eigenvalue weighted by Gasteiger charge is 2.35. The first-order chi connectivity index (χ1) is 16.3. The first-order valence-corrected chi connectivity index (χ1v) is 13.0. The molecule has 0 bridgehead atoms. The first-order valence-electron chi connectivity index (χ1n) is 10.7. The lowest BCUT2D eigenvalue weighted by Gasteiger charge is -2.33. The maximum absolute atomic E-state index is 13.5. The molecule has 2 amide bonds. The standard InChI is InChI=1S/C23H27ClF3N3O4S/c1-4-19(22(32)28-5-2)29(14-16-9-7-6-8-10-16)21(31)15-30(35(3,33)34)20-13-17(23(25,26)27)11-12-18(20)24/h6-13,19H,4-5,14-15H2,1-3H3,(H,28,32). The summed E-state index contributed by atoms with van der Waals surface area (Å²) in [6.45, 7) is 2.88. The van der Waals surface area contributed by atoms with Crippen LogP contribution in [0.15, 0.2) is 48.5 Å². The Kier molecular flexibility index (Phi) is 9.56. The third-order valence-electron chi connectivity index (χ3n) is 5.15. The molecule has 1 unspecified atom stereocenters. The molecule has 0 spiro atoms. The highest BCUT2D eigenvalue weighted by atomic mass is 35.5. The zero-order valence-corrected chi connectivity index (χ0v) is 21.0. The Hall–Kier alpha value is -2.79. The normalized spacial score (nSPS) is 12.7. The number of nitrogens with zero attached hydrogens (tertiary/aromatic N) is 2. The lowest BCUT2D eigenvalue weighted by Crippen LogP contribution is -2.52. The van der Waals surface area contributed by atoms with Crippen LogP contribution >= 0.6 is 11.6 Å². The number of hydrogen-bond donors (Lipinski definition) is 1. The van der Waals surface area contributed by atoms with E-state index in [0.717, 1.165) is 18.4 Å². The second kappa shape index (κ2) is 11.8. The third-order valence-corrected chi connectivity index (χ3v) is 6.60. The lowest BCUT2D eigenvalue weighted by atomic mass is 10.1. The molecule has 2 rings (SSSR count). The molecule has 0 aliphatic carbocycles. The van der Waals surface area contributed by atoms with Gasteiger partial charge in [-0.2, -0.15) is 13.2 Å². The van der Waals surface area contributed by atoms with E-state index in [0.29, 0.717) is 22.5 Å². The second-order valence-electron chi connectivity index (χ2n) is 7.76. The van der Waals surface area contributed by atoms with Crippen molar-refractivity contribution in [2.75, 3.05) is 23.7 Å². The molecular weight excluding hydrogens is 507 g/mol. The van der Waals surface area contributed by atoms with Crippen LogP contribution in [0.4, 0.5) is 18.9 Å². The minimum absolute atomic E-state index is 0.0107. The molecule has 12 heteroatoms. The molecule has 1 atom stereocenters. The average molecular weight is 534 g/mol. The van der Waals surface area contributed by atoms with Gasteiger partial charge in [-0.25, -0.2) is 8.42 Å². The summed E-state index contributed by atoms with van der Waals surface area (Å²) in [5, 5.41) is 2.38. The van der Waals surface area contributed by atoms with Crippen molar-refractivity contribution in [3.8, 4) is 0 Å². The maximum Gasteiger partial charge on any atom is 0.416 e. The molecule has 35 heavy (non-hydrogen) atoms. The zero-order valence-electron chi connectivity index (χ0n) is 19.5. The topological polar surface area (TPSA) is 86.8 Å². The Balaban J connectivity index is 2.52. The number of alkyl halides is 3. The van der Waals surface area contributed by atoms with Crippen molar-refractivity contribution in [1.29, 1.82) is 0 Å². The van der Waals surface area contributed by atoms with Crippen molar-refractivity contribution in [2.24, 2.45) is 0 Å². The first kappa shape index (κ1) is 28.4. The zero-order chi connectivity index (χ0) is 26.4. The summed E-state index contributed by atoms with van der Waals surface area (Å²) in [6, 6.07) is 10.0. The van der Waals surface area contributed by atoms with Gasteiger partial charge in [-0.3, -0.25) is 13.9 Å². The predicted octanol–water partition coefficient (Wildman–Crippen LogP) is 4.07. The van der Waals surface area contributed by atoms with Gasteiger partial charge < -0.3 is 10.2 Å². The molecule has 0 aliphatic rings. The molecule has 0 saturated heterocycles. The molecule has 0 heterocycles. The van der Waals surface area contributed by atoms with Crippen LogP contribution in [0.5, 0.6) is 0 Å². The number of benzene rings is 2. The minimum atomic E-state index is -4.75. The number of carbonyl (C=O) groups is 2. The fraction of sp³-hybridized carbons (Fsp3) is 0.391. The van der Waals surface area contributed by atoms with Gasteiger partial charge in [0.2, 0.25) is 21.8 Å². The minimum Gasteiger partial charge on any atom is -0.355 e. The lowest BCUT2D eigenvalue weighted by molar-refractivity contribution is -0.140. The van der Waals surface area contributed by atoms with E-state index in [9.17, 15) is 31.2 Å². The van der Waals surface area contributed by atoms with Crippen molar-refractivity contribution < 1.29 is 31.2 Å². The van der Waals surface area contributed by atoms with Crippen molar-refractivity contribution >= 4 is 39.1 Å². The molecule has 1 N–H and O–H groups in total. The van der Waals surface area contributed by atoms with Gasteiger partial charge in [-0.15, -0.1) is 0 Å². The number of nitrogens with one attached hydrogen (secondary N) is 1. The summed E-state index contributed by atoms with van der Waals surface area (Å²) in [5.74, 6) is -1.20. The Morgan fingerprint density at radius 3 is 2.23 bits per heavy atom. The van der Waals surface area contributed by atoms with Gasteiger partial charge in [0.1, 0.15) is 12.6 Å². The van der Waals surface area contributed by atoms with E-state index in [2.05, 4.69) is 5.32 Å². The van der Waals surface area contributed by atoms with Gasteiger partial charge in [0, 0.05) is 13.1 Å². The molecular formula is C23H27ClF3N3O4S. The van der Waals surface area contributed by atoms with E-state index >= 15 is 0 Å². The predicted molar refractivity (Wildman–Crippen MR) is 128 cm³/mol. The summed E-state index contributed by atoms with van der Waals surface area (Å²) in [4.78, 5) is 27.4. The van der Waals surface area contributed by atoms with Crippen LogP contribution in [0.1, 0.15) is 31.4 Å². The molecule has 0 saturated carbocycles. The number of carbonyl (C=O) groups excluding carboxylic acids is 2. The summed E-state index contributed by atoms with van der Waals surface area (Å²) < 4.78 is 65.5. The van der Waals surface area contributed by atoms with E-state index in [1.54, 1.807) is 44.2 Å². The van der Waals surface area contributed by atoms with Crippen molar-refractivity contribution in [2.45, 2.75) is 39.0 Å². The molecule has 2 aromatic rings. The van der Waals surface area contributed by atoms with E-state index in [4.69, 9.17) is 11.6 Å². The van der Waals surface area contributed by atoms with Crippen LogP contribution in [-0.2, 0) is 32.3 Å². The Morgan fingerprint density at radius 2 is 1.71 bits per heavy atom. The number of halogens is 4. The quantitative estimate of drug-likeness (QED) is 0.499. The largest absolute Gasteiger partial charge is 0.416 e. The number of hydrogen-bond acceptors (Lipinski definition) is 4. The van der Waals surface area contributed by atoms with Crippen molar-refractivity contribution in [1.82, 2.24) is 10.2 Å².